The summed E-state index contributed by atoms with van der Waals surface area (Å²) in [4.78, 5) is 17.2. The molecule has 4 heteroatoms. The van der Waals surface area contributed by atoms with Crippen molar-refractivity contribution in [2.45, 2.75) is 31.2 Å². The molecule has 25 heavy (non-hydrogen) atoms. The lowest BCUT2D eigenvalue weighted by Gasteiger charge is -2.43. The highest BCUT2D eigenvalue weighted by Gasteiger charge is 2.39. The van der Waals surface area contributed by atoms with E-state index >= 15 is 0 Å². The van der Waals surface area contributed by atoms with Gasteiger partial charge in [-0.2, -0.15) is 0 Å². The molecule has 0 radical (unpaired) electrons. The van der Waals surface area contributed by atoms with E-state index in [1.807, 2.05) is 53.9 Å². The smallest absolute Gasteiger partial charge is 0.226 e. The van der Waals surface area contributed by atoms with Crippen molar-refractivity contribution in [2.75, 3.05) is 0 Å². The van der Waals surface area contributed by atoms with Crippen LogP contribution in [0.15, 0.2) is 66.0 Å². The molecule has 0 spiro atoms. The number of amides is 1. The third-order valence-corrected chi connectivity index (χ3v) is 5.77. The quantitative estimate of drug-likeness (QED) is 0.735. The lowest BCUT2D eigenvalue weighted by molar-refractivity contribution is -0.123. The van der Waals surface area contributed by atoms with Crippen molar-refractivity contribution in [1.29, 1.82) is 0 Å². The van der Waals surface area contributed by atoms with E-state index < -0.39 is 0 Å². The molecule has 4 rings (SSSR count). The summed E-state index contributed by atoms with van der Waals surface area (Å²) in [6, 6.07) is 20.4. The second-order valence-corrected chi connectivity index (χ2v) is 7.39. The zero-order valence-corrected chi connectivity index (χ0v) is 14.8. The third kappa shape index (κ3) is 3.35. The minimum atomic E-state index is -0.184. The molecular formula is C21H20N2OS. The van der Waals surface area contributed by atoms with E-state index in [0.29, 0.717) is 6.42 Å². The maximum absolute atomic E-state index is 12.6. The fraction of sp³-hybridized carbons (Fsp3) is 0.238. The Kier molecular flexibility index (Phi) is 4.36. The molecule has 1 heterocycles. The summed E-state index contributed by atoms with van der Waals surface area (Å²) in [6.07, 6.45) is 3.51. The summed E-state index contributed by atoms with van der Waals surface area (Å²) < 4.78 is 0. The monoisotopic (exact) mass is 348 g/mol. The zero-order valence-electron chi connectivity index (χ0n) is 13.9. The second kappa shape index (κ2) is 6.81. The van der Waals surface area contributed by atoms with Crippen molar-refractivity contribution in [3.05, 3.63) is 77.3 Å². The lowest BCUT2D eigenvalue weighted by atomic mass is 9.71. The Morgan fingerprint density at radius 3 is 2.36 bits per heavy atom. The van der Waals surface area contributed by atoms with Crippen LogP contribution in [0.3, 0.4) is 0 Å². The molecule has 0 saturated heterocycles. The number of benzene rings is 2. The lowest BCUT2D eigenvalue weighted by Crippen LogP contribution is -2.51. The first-order chi connectivity index (χ1) is 12.3. The number of hydrogen-bond donors (Lipinski definition) is 1. The van der Waals surface area contributed by atoms with Crippen LogP contribution >= 0.6 is 11.3 Å². The average Bonchev–Trinajstić information content (AvgIpc) is 3.08. The molecule has 3 aromatic rings. The Balaban J connectivity index is 1.45. The van der Waals surface area contributed by atoms with Gasteiger partial charge in [-0.25, -0.2) is 4.98 Å². The topological polar surface area (TPSA) is 42.0 Å². The molecule has 3 nitrogen and oxygen atoms in total. The first-order valence-electron chi connectivity index (χ1n) is 8.62. The average molecular weight is 348 g/mol. The molecular weight excluding hydrogens is 328 g/mol. The number of carbonyl (C=O) groups is 1. The Morgan fingerprint density at radius 2 is 1.72 bits per heavy atom. The predicted molar refractivity (Wildman–Crippen MR) is 101 cm³/mol. The summed E-state index contributed by atoms with van der Waals surface area (Å²) in [6.45, 7) is 0. The van der Waals surface area contributed by atoms with Crippen molar-refractivity contribution < 1.29 is 4.79 Å². The largest absolute Gasteiger partial charge is 0.346 e. The van der Waals surface area contributed by atoms with Gasteiger partial charge in [-0.3, -0.25) is 4.79 Å². The van der Waals surface area contributed by atoms with E-state index in [0.717, 1.165) is 35.5 Å². The Hall–Kier alpha value is -2.46. The molecule has 1 aliphatic rings. The van der Waals surface area contributed by atoms with Crippen LogP contribution in [0, 0.1) is 0 Å². The van der Waals surface area contributed by atoms with E-state index in [1.165, 1.54) is 5.56 Å². The Morgan fingerprint density at radius 1 is 1.04 bits per heavy atom. The van der Waals surface area contributed by atoms with Crippen LogP contribution < -0.4 is 5.32 Å². The van der Waals surface area contributed by atoms with Crippen molar-refractivity contribution in [2.24, 2.45) is 0 Å². The van der Waals surface area contributed by atoms with Crippen LogP contribution in [-0.4, -0.2) is 10.9 Å². The van der Waals surface area contributed by atoms with Crippen LogP contribution in [0.2, 0.25) is 0 Å². The summed E-state index contributed by atoms with van der Waals surface area (Å²) in [5.41, 5.74) is 2.96. The summed E-state index contributed by atoms with van der Waals surface area (Å²) in [5.74, 6) is 0.0495. The van der Waals surface area contributed by atoms with Gasteiger partial charge in [0.25, 0.3) is 0 Å². The molecule has 0 atom stereocenters. The summed E-state index contributed by atoms with van der Waals surface area (Å²) >= 11 is 1.59. The third-order valence-electron chi connectivity index (χ3n) is 4.83. The van der Waals surface area contributed by atoms with Gasteiger partial charge in [-0.1, -0.05) is 60.7 Å². The fourth-order valence-electron chi connectivity index (χ4n) is 3.35. The van der Waals surface area contributed by atoms with Crippen LogP contribution in [-0.2, 0) is 16.8 Å². The molecule has 1 fully saturated rings. The van der Waals surface area contributed by atoms with Gasteiger partial charge in [0.1, 0.15) is 5.01 Å². The molecule has 1 aromatic heterocycles. The Labute approximate surface area is 151 Å². The molecule has 0 bridgehead atoms. The predicted octanol–water partition coefficient (Wildman–Crippen LogP) is 4.55. The molecule has 0 unspecified atom stereocenters. The molecule has 1 saturated carbocycles. The highest BCUT2D eigenvalue weighted by atomic mass is 32.1. The number of rotatable bonds is 5. The fourth-order valence-corrected chi connectivity index (χ4v) is 4.18. The van der Waals surface area contributed by atoms with E-state index in [4.69, 9.17) is 0 Å². The first kappa shape index (κ1) is 16.0. The maximum atomic E-state index is 12.6. The van der Waals surface area contributed by atoms with Crippen molar-refractivity contribution in [3.63, 3.8) is 0 Å². The molecule has 126 valence electrons. The van der Waals surface area contributed by atoms with Gasteiger partial charge in [0.05, 0.1) is 17.7 Å². The van der Waals surface area contributed by atoms with Crippen LogP contribution in [0.5, 0.6) is 0 Å². The van der Waals surface area contributed by atoms with Gasteiger partial charge in [0.15, 0.2) is 0 Å². The van der Waals surface area contributed by atoms with Crippen molar-refractivity contribution in [1.82, 2.24) is 10.3 Å². The van der Waals surface area contributed by atoms with E-state index in [1.54, 1.807) is 11.3 Å². The molecule has 0 aliphatic heterocycles. The zero-order chi connectivity index (χ0) is 17.1. The molecule has 2 aromatic carbocycles. The van der Waals surface area contributed by atoms with Crippen LogP contribution in [0.4, 0.5) is 0 Å². The van der Waals surface area contributed by atoms with Gasteiger partial charge in [0.2, 0.25) is 5.91 Å². The summed E-state index contributed by atoms with van der Waals surface area (Å²) in [7, 11) is 0. The first-order valence-corrected chi connectivity index (χ1v) is 9.50. The molecule has 1 amide bonds. The minimum absolute atomic E-state index is 0.0495. The number of nitrogens with zero attached hydrogens (tertiary/aromatic N) is 1. The molecule has 1 N–H and O–H groups in total. The van der Waals surface area contributed by atoms with Gasteiger partial charge >= 0.3 is 0 Å². The van der Waals surface area contributed by atoms with Gasteiger partial charge in [0, 0.05) is 10.9 Å². The Bertz CT molecular complexity index is 854. The van der Waals surface area contributed by atoms with Gasteiger partial charge in [-0.15, -0.1) is 11.3 Å². The second-order valence-electron chi connectivity index (χ2n) is 6.54. The van der Waals surface area contributed by atoms with E-state index in [9.17, 15) is 4.79 Å². The number of nitrogens with one attached hydrogen (secondary N) is 1. The van der Waals surface area contributed by atoms with Crippen LogP contribution in [0.25, 0.3) is 10.6 Å². The number of hydrogen-bond acceptors (Lipinski definition) is 3. The number of thiazole rings is 1. The standard InChI is InChI=1S/C21H20N2OS/c24-19(23-21(12-7-13-21)17-10-5-2-6-11-17)14-18-15-25-20(22-18)16-8-3-1-4-9-16/h1-6,8-11,15H,7,12-14H2,(H,23,24). The van der Waals surface area contributed by atoms with Crippen LogP contribution in [0.1, 0.15) is 30.5 Å². The summed E-state index contributed by atoms with van der Waals surface area (Å²) in [5, 5.41) is 6.22. The van der Waals surface area contributed by atoms with Gasteiger partial charge < -0.3 is 5.32 Å². The highest BCUT2D eigenvalue weighted by molar-refractivity contribution is 7.13. The van der Waals surface area contributed by atoms with E-state index in [-0.39, 0.29) is 11.4 Å². The SMILES string of the molecule is O=C(Cc1csc(-c2ccccc2)n1)NC1(c2ccccc2)CCC1. The van der Waals surface area contributed by atoms with E-state index in [2.05, 4.69) is 22.4 Å². The minimum Gasteiger partial charge on any atom is -0.346 e. The van der Waals surface area contributed by atoms with Crippen molar-refractivity contribution in [3.8, 4) is 10.6 Å². The normalized spacial score (nSPS) is 15.4. The van der Waals surface area contributed by atoms with Crippen molar-refractivity contribution >= 4 is 17.2 Å². The number of aromatic nitrogens is 1. The number of carbonyl (C=O) groups excluding carboxylic acids is 1. The van der Waals surface area contributed by atoms with Gasteiger partial charge in [-0.05, 0) is 24.8 Å². The molecule has 1 aliphatic carbocycles. The highest BCUT2D eigenvalue weighted by Crippen LogP contribution is 2.41. The maximum Gasteiger partial charge on any atom is 0.226 e.